The first kappa shape index (κ1) is 20.9. The van der Waals surface area contributed by atoms with Gasteiger partial charge in [-0.25, -0.2) is 4.79 Å². The number of urea groups is 1. The molecule has 1 fully saturated rings. The van der Waals surface area contributed by atoms with Crippen molar-refractivity contribution in [1.29, 1.82) is 0 Å². The van der Waals surface area contributed by atoms with Gasteiger partial charge in [0.2, 0.25) is 0 Å². The Hall–Kier alpha value is -2.86. The zero-order chi connectivity index (χ0) is 20.5. The van der Waals surface area contributed by atoms with Crippen LogP contribution in [0, 0.1) is 0 Å². The summed E-state index contributed by atoms with van der Waals surface area (Å²) < 4.78 is 5.63. The molecule has 6 heteroatoms. The second-order valence-corrected chi connectivity index (χ2v) is 7.21. The molecule has 3 amide bonds. The predicted octanol–water partition coefficient (Wildman–Crippen LogP) is 4.17. The second-order valence-electron chi connectivity index (χ2n) is 7.21. The van der Waals surface area contributed by atoms with Crippen LogP contribution in [0.4, 0.5) is 10.5 Å². The van der Waals surface area contributed by atoms with Crippen LogP contribution in [0.3, 0.4) is 0 Å². The van der Waals surface area contributed by atoms with Gasteiger partial charge in [-0.2, -0.15) is 0 Å². The van der Waals surface area contributed by atoms with E-state index in [0.717, 1.165) is 50.1 Å². The molecule has 0 atom stereocenters. The maximum Gasteiger partial charge on any atom is 0.319 e. The van der Waals surface area contributed by atoms with Gasteiger partial charge >= 0.3 is 6.03 Å². The molecule has 0 aliphatic carbocycles. The summed E-state index contributed by atoms with van der Waals surface area (Å²) >= 11 is 0. The molecule has 2 aromatic carbocycles. The van der Waals surface area contributed by atoms with E-state index in [-0.39, 0.29) is 11.9 Å². The minimum absolute atomic E-state index is 0.0209. The Morgan fingerprint density at radius 1 is 1.03 bits per heavy atom. The fourth-order valence-corrected chi connectivity index (χ4v) is 3.38. The molecular weight excluding hydrogens is 366 g/mol. The number of nitrogens with one attached hydrogen (secondary N) is 2. The Balaban J connectivity index is 1.55. The van der Waals surface area contributed by atoms with E-state index in [0.29, 0.717) is 24.4 Å². The van der Waals surface area contributed by atoms with E-state index in [2.05, 4.69) is 17.6 Å². The van der Waals surface area contributed by atoms with E-state index in [1.807, 2.05) is 29.2 Å². The van der Waals surface area contributed by atoms with Crippen molar-refractivity contribution >= 4 is 17.6 Å². The molecule has 0 radical (unpaired) electrons. The first-order chi connectivity index (χ1) is 14.2. The first-order valence-corrected chi connectivity index (χ1v) is 10.3. The van der Waals surface area contributed by atoms with Gasteiger partial charge in [0, 0.05) is 37.5 Å². The van der Waals surface area contributed by atoms with Gasteiger partial charge in [0.05, 0.1) is 6.61 Å². The number of likely N-dealkylation sites (tertiary alicyclic amines) is 1. The van der Waals surface area contributed by atoms with Crippen molar-refractivity contribution < 1.29 is 14.3 Å². The average Bonchev–Trinajstić information content (AvgIpc) is 3.28. The average molecular weight is 396 g/mol. The number of carbonyl (C=O) groups excluding carboxylic acids is 2. The Bertz CT molecular complexity index is 832. The molecular formula is C23H29N3O3. The fraction of sp³-hybridized carbons (Fsp3) is 0.391. The zero-order valence-corrected chi connectivity index (χ0v) is 16.9. The van der Waals surface area contributed by atoms with Gasteiger partial charge in [0.15, 0.2) is 0 Å². The summed E-state index contributed by atoms with van der Waals surface area (Å²) in [5.41, 5.74) is 3.30. The molecule has 1 saturated heterocycles. The van der Waals surface area contributed by atoms with Crippen LogP contribution in [0.2, 0.25) is 0 Å². The van der Waals surface area contributed by atoms with Crippen LogP contribution >= 0.6 is 0 Å². The van der Waals surface area contributed by atoms with E-state index in [4.69, 9.17) is 4.74 Å². The van der Waals surface area contributed by atoms with Crippen LogP contribution in [0.25, 0.3) is 0 Å². The summed E-state index contributed by atoms with van der Waals surface area (Å²) in [5, 5.41) is 5.70. The molecule has 1 heterocycles. The van der Waals surface area contributed by atoms with Crippen LogP contribution in [0.5, 0.6) is 0 Å². The summed E-state index contributed by atoms with van der Waals surface area (Å²) in [6, 6.07) is 14.7. The van der Waals surface area contributed by atoms with Crippen molar-refractivity contribution in [2.75, 3.05) is 25.0 Å². The van der Waals surface area contributed by atoms with E-state index in [1.165, 1.54) is 0 Å². The predicted molar refractivity (Wildman–Crippen MR) is 114 cm³/mol. The number of hydrogen-bond acceptors (Lipinski definition) is 3. The highest BCUT2D eigenvalue weighted by molar-refractivity contribution is 5.97. The Morgan fingerprint density at radius 2 is 1.79 bits per heavy atom. The number of hydrogen-bond donors (Lipinski definition) is 2. The van der Waals surface area contributed by atoms with Gasteiger partial charge in [-0.3, -0.25) is 4.79 Å². The maximum atomic E-state index is 12.5. The van der Waals surface area contributed by atoms with E-state index in [9.17, 15) is 9.59 Å². The summed E-state index contributed by atoms with van der Waals surface area (Å²) in [4.78, 5) is 26.7. The molecule has 2 N–H and O–H groups in total. The molecule has 154 valence electrons. The van der Waals surface area contributed by atoms with Gasteiger partial charge in [0.25, 0.3) is 5.91 Å². The summed E-state index contributed by atoms with van der Waals surface area (Å²) in [6.45, 7) is 5.34. The number of benzene rings is 2. The van der Waals surface area contributed by atoms with Gasteiger partial charge in [0.1, 0.15) is 0 Å². The molecule has 0 aromatic heterocycles. The Morgan fingerprint density at radius 3 is 2.55 bits per heavy atom. The van der Waals surface area contributed by atoms with E-state index < -0.39 is 0 Å². The highest BCUT2D eigenvalue weighted by atomic mass is 16.5. The normalized spacial score (nSPS) is 13.3. The first-order valence-electron chi connectivity index (χ1n) is 10.3. The van der Waals surface area contributed by atoms with Crippen molar-refractivity contribution in [3.05, 3.63) is 65.2 Å². The lowest BCUT2D eigenvalue weighted by Gasteiger charge is -2.16. The standard InChI is InChI=1S/C23H29N3O3/c1-2-14-29-17-20-9-4-3-8-19(20)16-24-23(28)25-21-11-7-10-18(15-21)22(27)26-12-5-6-13-26/h3-4,7-11,15H,2,5-6,12-14,16-17H2,1H3,(H2,24,25,28). The number of rotatable bonds is 8. The fourth-order valence-electron chi connectivity index (χ4n) is 3.38. The molecule has 0 unspecified atom stereocenters. The molecule has 0 bridgehead atoms. The van der Waals surface area contributed by atoms with Crippen LogP contribution in [-0.2, 0) is 17.9 Å². The van der Waals surface area contributed by atoms with Crippen molar-refractivity contribution in [1.82, 2.24) is 10.2 Å². The number of anilines is 1. The summed E-state index contributed by atoms with van der Waals surface area (Å²) in [5.74, 6) is 0.0209. The van der Waals surface area contributed by atoms with Crippen LogP contribution in [0.15, 0.2) is 48.5 Å². The molecule has 0 saturated carbocycles. The Labute approximate surface area is 172 Å². The van der Waals surface area contributed by atoms with Crippen molar-refractivity contribution in [3.63, 3.8) is 0 Å². The highest BCUT2D eigenvalue weighted by Crippen LogP contribution is 2.16. The second kappa shape index (κ2) is 10.6. The van der Waals surface area contributed by atoms with Crippen molar-refractivity contribution in [2.45, 2.75) is 39.3 Å². The topological polar surface area (TPSA) is 70.7 Å². The number of carbonyl (C=O) groups is 2. The van der Waals surface area contributed by atoms with Crippen LogP contribution in [0.1, 0.15) is 47.7 Å². The molecule has 3 rings (SSSR count). The number of ether oxygens (including phenoxy) is 1. The molecule has 6 nitrogen and oxygen atoms in total. The number of amides is 3. The lowest BCUT2D eigenvalue weighted by Crippen LogP contribution is -2.29. The van der Waals surface area contributed by atoms with Crippen molar-refractivity contribution in [3.8, 4) is 0 Å². The van der Waals surface area contributed by atoms with Gasteiger partial charge in [-0.1, -0.05) is 37.3 Å². The summed E-state index contributed by atoms with van der Waals surface area (Å²) in [6.07, 6.45) is 3.08. The quantitative estimate of drug-likeness (QED) is 0.659. The monoisotopic (exact) mass is 395 g/mol. The van der Waals surface area contributed by atoms with Gasteiger partial charge in [-0.15, -0.1) is 0 Å². The summed E-state index contributed by atoms with van der Waals surface area (Å²) in [7, 11) is 0. The zero-order valence-electron chi connectivity index (χ0n) is 16.9. The lowest BCUT2D eigenvalue weighted by atomic mass is 10.1. The van der Waals surface area contributed by atoms with Crippen LogP contribution < -0.4 is 10.6 Å². The Kier molecular flexibility index (Phi) is 7.64. The van der Waals surface area contributed by atoms with E-state index >= 15 is 0 Å². The SMILES string of the molecule is CCCOCc1ccccc1CNC(=O)Nc1cccc(C(=O)N2CCCC2)c1. The highest BCUT2D eigenvalue weighted by Gasteiger charge is 2.19. The van der Waals surface area contributed by atoms with Crippen molar-refractivity contribution in [2.24, 2.45) is 0 Å². The van der Waals surface area contributed by atoms with E-state index in [1.54, 1.807) is 24.3 Å². The minimum atomic E-state index is -0.306. The third-order valence-corrected chi connectivity index (χ3v) is 4.92. The molecule has 29 heavy (non-hydrogen) atoms. The molecule has 1 aliphatic heterocycles. The molecule has 1 aliphatic rings. The van der Waals surface area contributed by atoms with Crippen LogP contribution in [-0.4, -0.2) is 36.5 Å². The van der Waals surface area contributed by atoms with Gasteiger partial charge in [-0.05, 0) is 48.6 Å². The lowest BCUT2D eigenvalue weighted by molar-refractivity contribution is 0.0793. The smallest absolute Gasteiger partial charge is 0.319 e. The third kappa shape index (κ3) is 6.06. The molecule has 2 aromatic rings. The molecule has 0 spiro atoms. The largest absolute Gasteiger partial charge is 0.377 e. The number of nitrogens with zero attached hydrogens (tertiary/aromatic N) is 1. The minimum Gasteiger partial charge on any atom is -0.377 e. The third-order valence-electron chi connectivity index (χ3n) is 4.92. The maximum absolute atomic E-state index is 12.5. The van der Waals surface area contributed by atoms with Gasteiger partial charge < -0.3 is 20.3 Å².